The van der Waals surface area contributed by atoms with E-state index in [4.69, 9.17) is 0 Å². The van der Waals surface area contributed by atoms with Crippen molar-refractivity contribution in [2.24, 2.45) is 0 Å². The van der Waals surface area contributed by atoms with Crippen molar-refractivity contribution in [3.63, 3.8) is 0 Å². The lowest BCUT2D eigenvalue weighted by molar-refractivity contribution is 0.480. The number of aryl methyl sites for hydroxylation is 3. The molecular weight excluding hydrogens is 424 g/mol. The minimum absolute atomic E-state index is 0.0980. The van der Waals surface area contributed by atoms with Crippen LogP contribution in [0.25, 0.3) is 11.1 Å². The molecule has 0 radical (unpaired) electrons. The van der Waals surface area contributed by atoms with E-state index in [9.17, 15) is 8.78 Å². The lowest BCUT2D eigenvalue weighted by Gasteiger charge is -2.17. The normalized spacial score (nSPS) is 12.4. The van der Waals surface area contributed by atoms with Crippen LogP contribution in [-0.4, -0.2) is 0 Å². The molecule has 174 valence electrons. The molecule has 0 unspecified atom stereocenters. The minimum Gasteiger partial charge on any atom is -0.203 e. The smallest absolute Gasteiger partial charge is 0.167 e. The number of halogens is 4. The van der Waals surface area contributed by atoms with Gasteiger partial charge in [0.15, 0.2) is 23.3 Å². The third-order valence-electron chi connectivity index (χ3n) is 7.02. The van der Waals surface area contributed by atoms with E-state index in [0.29, 0.717) is 47.9 Å². The molecule has 1 aliphatic rings. The van der Waals surface area contributed by atoms with Crippen molar-refractivity contribution in [2.75, 3.05) is 0 Å². The van der Waals surface area contributed by atoms with Crippen LogP contribution in [0.15, 0.2) is 36.4 Å². The second kappa shape index (κ2) is 9.70. The van der Waals surface area contributed by atoms with Crippen molar-refractivity contribution in [3.8, 4) is 11.1 Å². The zero-order chi connectivity index (χ0) is 23.7. The molecule has 0 aromatic heterocycles. The van der Waals surface area contributed by atoms with E-state index in [1.54, 1.807) is 12.1 Å². The number of unbranched alkanes of at least 4 members (excludes halogenated alkanes) is 1. The molecule has 0 spiro atoms. The molecule has 0 nitrogen and oxygen atoms in total. The summed E-state index contributed by atoms with van der Waals surface area (Å²) in [6.07, 6.45) is 4.54. The third kappa shape index (κ3) is 4.45. The van der Waals surface area contributed by atoms with Gasteiger partial charge in [-0.2, -0.15) is 0 Å². The SMILES string of the molecule is CCC(CC)c1cc2c(c(F)c1F)-c1c(cc(CCCCc3ccc(C)cc3)c(F)c1F)C2. The standard InChI is InChI=1S/C29H30F4/c1-4-19(5-2)23-16-22-15-21-14-20(9-7-6-8-18-12-10-17(3)11-13-18)26(30)28(32)24(21)25(22)29(33)27(23)31/h10-14,16,19H,4-9,15H2,1-3H3. The van der Waals surface area contributed by atoms with Crippen molar-refractivity contribution in [2.45, 2.75) is 71.6 Å². The summed E-state index contributed by atoms with van der Waals surface area (Å²) in [4.78, 5) is 0. The van der Waals surface area contributed by atoms with Gasteiger partial charge in [-0.15, -0.1) is 0 Å². The summed E-state index contributed by atoms with van der Waals surface area (Å²) >= 11 is 0. The first-order valence-corrected chi connectivity index (χ1v) is 11.9. The van der Waals surface area contributed by atoms with Crippen molar-refractivity contribution < 1.29 is 17.6 Å². The van der Waals surface area contributed by atoms with E-state index in [0.717, 1.165) is 19.3 Å². The predicted octanol–water partition coefficient (Wildman–Crippen LogP) is 8.59. The minimum atomic E-state index is -1.06. The molecule has 0 bridgehead atoms. The van der Waals surface area contributed by atoms with Crippen LogP contribution in [0, 0.1) is 30.2 Å². The van der Waals surface area contributed by atoms with E-state index in [1.807, 2.05) is 20.8 Å². The van der Waals surface area contributed by atoms with E-state index < -0.39 is 23.3 Å². The van der Waals surface area contributed by atoms with Crippen LogP contribution in [0.5, 0.6) is 0 Å². The Morgan fingerprint density at radius 2 is 1.30 bits per heavy atom. The summed E-state index contributed by atoms with van der Waals surface area (Å²) in [5.74, 6) is -4.10. The van der Waals surface area contributed by atoms with Gasteiger partial charge in [0.05, 0.1) is 0 Å². The molecule has 0 fully saturated rings. The van der Waals surface area contributed by atoms with E-state index in [1.165, 1.54) is 11.1 Å². The van der Waals surface area contributed by atoms with Gasteiger partial charge in [-0.1, -0.05) is 55.8 Å². The van der Waals surface area contributed by atoms with Gasteiger partial charge in [0.2, 0.25) is 0 Å². The maximum absolute atomic E-state index is 15.1. The second-order valence-corrected chi connectivity index (χ2v) is 9.21. The molecule has 0 heterocycles. The van der Waals surface area contributed by atoms with Gasteiger partial charge in [-0.05, 0) is 85.6 Å². The van der Waals surface area contributed by atoms with Crippen LogP contribution < -0.4 is 0 Å². The number of rotatable bonds is 8. The molecule has 0 atom stereocenters. The van der Waals surface area contributed by atoms with Gasteiger partial charge in [0.25, 0.3) is 0 Å². The molecule has 33 heavy (non-hydrogen) atoms. The number of hydrogen-bond donors (Lipinski definition) is 0. The second-order valence-electron chi connectivity index (χ2n) is 9.21. The summed E-state index contributed by atoms with van der Waals surface area (Å²) in [5, 5.41) is 0. The molecule has 0 amide bonds. The van der Waals surface area contributed by atoms with Crippen LogP contribution in [-0.2, 0) is 19.3 Å². The highest BCUT2D eigenvalue weighted by molar-refractivity contribution is 5.79. The predicted molar refractivity (Wildman–Crippen MR) is 126 cm³/mol. The van der Waals surface area contributed by atoms with Gasteiger partial charge in [-0.3, -0.25) is 0 Å². The molecule has 0 saturated carbocycles. The van der Waals surface area contributed by atoms with Crippen LogP contribution >= 0.6 is 0 Å². The van der Waals surface area contributed by atoms with Gasteiger partial charge in [-0.25, -0.2) is 17.6 Å². The van der Waals surface area contributed by atoms with Gasteiger partial charge in [0, 0.05) is 11.1 Å². The van der Waals surface area contributed by atoms with Crippen LogP contribution in [0.3, 0.4) is 0 Å². The maximum Gasteiger partial charge on any atom is 0.167 e. The fourth-order valence-corrected chi connectivity index (χ4v) is 5.07. The quantitative estimate of drug-likeness (QED) is 0.185. The van der Waals surface area contributed by atoms with E-state index >= 15 is 8.78 Å². The van der Waals surface area contributed by atoms with E-state index in [2.05, 4.69) is 24.3 Å². The average Bonchev–Trinajstić information content (AvgIpc) is 3.18. The topological polar surface area (TPSA) is 0 Å². The molecule has 0 aliphatic heterocycles. The maximum atomic E-state index is 15.1. The third-order valence-corrected chi connectivity index (χ3v) is 7.02. The van der Waals surface area contributed by atoms with Crippen molar-refractivity contribution in [1.82, 2.24) is 0 Å². The number of hydrogen-bond acceptors (Lipinski definition) is 0. The highest BCUT2D eigenvalue weighted by Gasteiger charge is 2.32. The lowest BCUT2D eigenvalue weighted by Crippen LogP contribution is -2.05. The molecule has 0 N–H and O–H groups in total. The highest BCUT2D eigenvalue weighted by atomic mass is 19.2. The summed E-state index contributed by atoms with van der Waals surface area (Å²) < 4.78 is 59.9. The Kier molecular flexibility index (Phi) is 6.92. The first kappa shape index (κ1) is 23.5. The lowest BCUT2D eigenvalue weighted by atomic mass is 9.90. The summed E-state index contributed by atoms with van der Waals surface area (Å²) in [7, 11) is 0. The summed E-state index contributed by atoms with van der Waals surface area (Å²) in [6.45, 7) is 5.92. The van der Waals surface area contributed by atoms with Gasteiger partial charge in [0.1, 0.15) is 0 Å². The Balaban J connectivity index is 1.56. The average molecular weight is 455 g/mol. The van der Waals surface area contributed by atoms with Crippen LogP contribution in [0.2, 0.25) is 0 Å². The van der Waals surface area contributed by atoms with Crippen LogP contribution in [0.4, 0.5) is 17.6 Å². The fraction of sp³-hybridized carbons (Fsp3) is 0.379. The van der Waals surface area contributed by atoms with Gasteiger partial charge < -0.3 is 0 Å². The van der Waals surface area contributed by atoms with Crippen molar-refractivity contribution in [1.29, 1.82) is 0 Å². The van der Waals surface area contributed by atoms with Crippen LogP contribution in [0.1, 0.15) is 78.8 Å². The monoisotopic (exact) mass is 454 g/mol. The Hall–Kier alpha value is -2.62. The first-order chi connectivity index (χ1) is 15.8. The first-order valence-electron chi connectivity index (χ1n) is 11.9. The number of fused-ring (bicyclic) bond motifs is 3. The van der Waals surface area contributed by atoms with E-state index in [-0.39, 0.29) is 17.0 Å². The zero-order valence-corrected chi connectivity index (χ0v) is 19.5. The van der Waals surface area contributed by atoms with Gasteiger partial charge >= 0.3 is 0 Å². The molecule has 3 aromatic rings. The Bertz CT molecular complexity index is 1160. The molecule has 4 heteroatoms. The summed E-state index contributed by atoms with van der Waals surface area (Å²) in [6, 6.07) is 11.6. The molecule has 1 aliphatic carbocycles. The largest absolute Gasteiger partial charge is 0.203 e. The summed E-state index contributed by atoms with van der Waals surface area (Å²) in [5.41, 5.74) is 3.93. The zero-order valence-electron chi connectivity index (χ0n) is 19.5. The Morgan fingerprint density at radius 1 is 0.727 bits per heavy atom. The Morgan fingerprint density at radius 3 is 1.94 bits per heavy atom. The Labute approximate surface area is 193 Å². The number of benzene rings is 3. The molecule has 3 aromatic carbocycles. The molecule has 0 saturated heterocycles. The van der Waals surface area contributed by atoms with Crippen molar-refractivity contribution >= 4 is 0 Å². The highest BCUT2D eigenvalue weighted by Crippen LogP contribution is 2.44. The molecular formula is C29H30F4. The van der Waals surface area contributed by atoms with Crippen molar-refractivity contribution in [3.05, 3.63) is 93.0 Å². The molecule has 4 rings (SSSR count). The fourth-order valence-electron chi connectivity index (χ4n) is 5.07.